The summed E-state index contributed by atoms with van der Waals surface area (Å²) in [6.45, 7) is 1.12. The van der Waals surface area contributed by atoms with E-state index in [1.807, 2.05) is 24.3 Å². The summed E-state index contributed by atoms with van der Waals surface area (Å²) in [5.74, 6) is 0.621. The van der Waals surface area contributed by atoms with Crippen LogP contribution >= 0.6 is 11.6 Å². The molecule has 1 aliphatic rings. The second kappa shape index (κ2) is 8.48. The van der Waals surface area contributed by atoms with Crippen LogP contribution in [-0.2, 0) is 0 Å². The van der Waals surface area contributed by atoms with E-state index in [2.05, 4.69) is 20.2 Å². The van der Waals surface area contributed by atoms with Crippen LogP contribution in [0.2, 0.25) is 5.02 Å². The van der Waals surface area contributed by atoms with Crippen molar-refractivity contribution in [3.05, 3.63) is 53.4 Å². The molecule has 1 N–H and O–H groups in total. The van der Waals surface area contributed by atoms with Gasteiger partial charge in [0.15, 0.2) is 0 Å². The fourth-order valence-electron chi connectivity index (χ4n) is 3.26. The van der Waals surface area contributed by atoms with Gasteiger partial charge in [0, 0.05) is 12.1 Å². The van der Waals surface area contributed by atoms with Gasteiger partial charge < -0.3 is 14.4 Å². The van der Waals surface area contributed by atoms with Gasteiger partial charge in [0.25, 0.3) is 5.91 Å². The zero-order chi connectivity index (χ0) is 20.2. The van der Waals surface area contributed by atoms with E-state index in [-0.39, 0.29) is 18.0 Å². The Morgan fingerprint density at radius 3 is 2.90 bits per heavy atom. The Morgan fingerprint density at radius 2 is 2.10 bits per heavy atom. The fourth-order valence-corrected chi connectivity index (χ4v) is 3.36. The third-order valence-electron chi connectivity index (χ3n) is 4.71. The summed E-state index contributed by atoms with van der Waals surface area (Å²) < 4.78 is 11.1. The van der Waals surface area contributed by atoms with E-state index in [1.54, 1.807) is 18.1 Å². The number of H-pyrrole nitrogens is 1. The molecular weight excluding hydrogens is 394 g/mol. The van der Waals surface area contributed by atoms with Gasteiger partial charge in [0.1, 0.15) is 17.5 Å². The van der Waals surface area contributed by atoms with Gasteiger partial charge in [-0.05, 0) is 31.0 Å². The molecular formula is C20H20ClN5O3. The molecule has 3 aromatic rings. The first-order valence-electron chi connectivity index (χ1n) is 9.25. The molecule has 9 heteroatoms. The van der Waals surface area contributed by atoms with Crippen molar-refractivity contribution >= 4 is 17.5 Å². The quantitative estimate of drug-likeness (QED) is 0.690. The molecule has 1 atom stereocenters. The first-order chi connectivity index (χ1) is 14.1. The lowest BCUT2D eigenvalue weighted by molar-refractivity contribution is 0.0510. The van der Waals surface area contributed by atoms with Gasteiger partial charge in [-0.25, -0.2) is 9.97 Å². The molecule has 1 amide bonds. The van der Waals surface area contributed by atoms with Crippen LogP contribution in [-0.4, -0.2) is 57.3 Å². The van der Waals surface area contributed by atoms with Crippen LogP contribution < -0.4 is 9.47 Å². The van der Waals surface area contributed by atoms with Crippen LogP contribution in [0.3, 0.4) is 0 Å². The molecule has 1 aliphatic heterocycles. The second-order valence-corrected chi connectivity index (χ2v) is 7.15. The number of hydrogen-bond donors (Lipinski definition) is 1. The third-order valence-corrected chi connectivity index (χ3v) is 4.90. The Balaban J connectivity index is 1.43. The van der Waals surface area contributed by atoms with Crippen molar-refractivity contribution in [3.63, 3.8) is 0 Å². The summed E-state index contributed by atoms with van der Waals surface area (Å²) in [7, 11) is 1.61. The van der Waals surface area contributed by atoms with Crippen molar-refractivity contribution in [1.82, 2.24) is 25.1 Å². The molecule has 3 heterocycles. The Hall–Kier alpha value is -3.13. The highest BCUT2D eigenvalue weighted by Crippen LogP contribution is 2.24. The van der Waals surface area contributed by atoms with E-state index >= 15 is 0 Å². The van der Waals surface area contributed by atoms with Crippen molar-refractivity contribution in [2.24, 2.45) is 0 Å². The van der Waals surface area contributed by atoms with Crippen molar-refractivity contribution < 1.29 is 14.3 Å². The topological polar surface area (TPSA) is 93.2 Å². The fraction of sp³-hybridized carbons (Fsp3) is 0.300. The Morgan fingerprint density at radius 1 is 1.28 bits per heavy atom. The number of hydrogen-bond acceptors (Lipinski definition) is 6. The van der Waals surface area contributed by atoms with Crippen LogP contribution in [0.25, 0.3) is 11.3 Å². The lowest BCUT2D eigenvalue weighted by Gasteiger charge is -2.32. The highest BCUT2D eigenvalue weighted by Gasteiger charge is 2.27. The molecule has 2 aromatic heterocycles. The summed E-state index contributed by atoms with van der Waals surface area (Å²) >= 11 is 5.80. The van der Waals surface area contributed by atoms with E-state index in [0.717, 1.165) is 24.2 Å². The molecule has 1 fully saturated rings. The number of rotatable bonds is 5. The number of nitrogens with one attached hydrogen (secondary N) is 1. The Labute approximate surface area is 172 Å². The largest absolute Gasteiger partial charge is 0.497 e. The minimum atomic E-state index is -0.172. The van der Waals surface area contributed by atoms with E-state index in [4.69, 9.17) is 21.1 Å². The monoisotopic (exact) mass is 413 g/mol. The van der Waals surface area contributed by atoms with E-state index in [9.17, 15) is 4.79 Å². The van der Waals surface area contributed by atoms with E-state index in [1.165, 1.54) is 12.4 Å². The van der Waals surface area contributed by atoms with Gasteiger partial charge in [-0.3, -0.25) is 9.89 Å². The molecule has 1 aromatic carbocycles. The molecule has 8 nitrogen and oxygen atoms in total. The van der Waals surface area contributed by atoms with Crippen molar-refractivity contribution in [2.45, 2.75) is 18.9 Å². The predicted octanol–water partition coefficient (Wildman–Crippen LogP) is 3.21. The first kappa shape index (κ1) is 19.2. The number of methoxy groups -OCH3 is 1. The molecule has 150 valence electrons. The maximum Gasteiger partial charge on any atom is 0.316 e. The number of ether oxygens (including phenoxy) is 2. The molecule has 0 saturated carbocycles. The number of aromatic nitrogens is 4. The van der Waals surface area contributed by atoms with Crippen molar-refractivity contribution in [3.8, 4) is 23.0 Å². The van der Waals surface area contributed by atoms with Gasteiger partial charge in [0.2, 0.25) is 0 Å². The molecule has 29 heavy (non-hydrogen) atoms. The van der Waals surface area contributed by atoms with Gasteiger partial charge in [-0.15, -0.1) is 0 Å². The Bertz CT molecular complexity index is 992. The highest BCUT2D eigenvalue weighted by molar-refractivity contribution is 6.30. The zero-order valence-corrected chi connectivity index (χ0v) is 16.6. The second-order valence-electron chi connectivity index (χ2n) is 6.72. The maximum atomic E-state index is 12.9. The molecule has 0 radical (unpaired) electrons. The number of amides is 1. The van der Waals surface area contributed by atoms with Crippen LogP contribution in [0, 0.1) is 0 Å². The smallest absolute Gasteiger partial charge is 0.316 e. The van der Waals surface area contributed by atoms with Crippen LogP contribution in [0.15, 0.2) is 42.7 Å². The summed E-state index contributed by atoms with van der Waals surface area (Å²) in [6.07, 6.45) is 4.46. The van der Waals surface area contributed by atoms with E-state index < -0.39 is 0 Å². The maximum absolute atomic E-state index is 12.9. The van der Waals surface area contributed by atoms with Gasteiger partial charge in [-0.1, -0.05) is 23.7 Å². The molecule has 1 unspecified atom stereocenters. The predicted molar refractivity (Wildman–Crippen MR) is 107 cm³/mol. The molecule has 1 saturated heterocycles. The summed E-state index contributed by atoms with van der Waals surface area (Å²) in [6, 6.07) is 9.56. The number of halogens is 1. The normalized spacial score (nSPS) is 16.5. The molecule has 0 bridgehead atoms. The number of likely N-dealkylation sites (tertiary alicyclic amines) is 1. The number of piperidine rings is 1. The van der Waals surface area contributed by atoms with Crippen molar-refractivity contribution in [1.29, 1.82) is 0 Å². The molecule has 0 spiro atoms. The summed E-state index contributed by atoms with van der Waals surface area (Å²) in [5, 5.41) is 7.58. The summed E-state index contributed by atoms with van der Waals surface area (Å²) in [4.78, 5) is 22.8. The molecule has 0 aliphatic carbocycles. The first-order valence-corrected chi connectivity index (χ1v) is 9.63. The summed E-state index contributed by atoms with van der Waals surface area (Å²) in [5.41, 5.74) is 2.00. The minimum Gasteiger partial charge on any atom is -0.497 e. The lowest BCUT2D eigenvalue weighted by atomic mass is 10.1. The SMILES string of the molecule is COc1cccc(-c2cc(C(=O)N3CCCC(Oc4ncc(Cl)cn4)C3)[nH]n2)c1. The standard InChI is InChI=1S/C20H20ClN5O3/c1-28-15-5-2-4-13(8-15)17-9-18(25-24-17)19(27)26-7-3-6-16(12-26)29-20-22-10-14(21)11-23-20/h2,4-5,8-11,16H,3,6-7,12H2,1H3,(H,24,25). The number of carbonyl (C=O) groups excluding carboxylic acids is 1. The van der Waals surface area contributed by atoms with Crippen molar-refractivity contribution in [2.75, 3.05) is 20.2 Å². The van der Waals surface area contributed by atoms with Gasteiger partial charge in [0.05, 0.1) is 36.8 Å². The highest BCUT2D eigenvalue weighted by atomic mass is 35.5. The third kappa shape index (κ3) is 4.48. The number of carbonyl (C=O) groups is 1. The number of aromatic amines is 1. The zero-order valence-electron chi connectivity index (χ0n) is 15.8. The lowest BCUT2D eigenvalue weighted by Crippen LogP contribution is -2.44. The average Bonchev–Trinajstić information content (AvgIpc) is 3.25. The van der Waals surface area contributed by atoms with Gasteiger partial charge >= 0.3 is 6.01 Å². The van der Waals surface area contributed by atoms with Crippen LogP contribution in [0.1, 0.15) is 23.3 Å². The molecule has 4 rings (SSSR count). The number of benzene rings is 1. The number of nitrogens with zero attached hydrogens (tertiary/aromatic N) is 4. The van der Waals surface area contributed by atoms with Crippen LogP contribution in [0.5, 0.6) is 11.8 Å². The Kier molecular flexibility index (Phi) is 5.62. The van der Waals surface area contributed by atoms with Gasteiger partial charge in [-0.2, -0.15) is 5.10 Å². The van der Waals surface area contributed by atoms with Crippen LogP contribution in [0.4, 0.5) is 0 Å². The average molecular weight is 414 g/mol. The minimum absolute atomic E-state index is 0.114. The van der Waals surface area contributed by atoms with E-state index in [0.29, 0.717) is 29.5 Å².